The van der Waals surface area contributed by atoms with Crippen LogP contribution < -0.4 is 10.8 Å². The second-order valence-electron chi connectivity index (χ2n) is 7.32. The number of rotatable bonds is 3. The second kappa shape index (κ2) is 7.44. The Morgan fingerprint density at radius 3 is 2.47 bits per heavy atom. The molecule has 0 aliphatic rings. The van der Waals surface area contributed by atoms with Crippen LogP contribution in [0.3, 0.4) is 0 Å². The molecule has 3 aromatic carbocycles. The summed E-state index contributed by atoms with van der Waals surface area (Å²) in [5.74, 6) is 1.43. The third-order valence-corrected chi connectivity index (χ3v) is 5.06. The fourth-order valence-corrected chi connectivity index (χ4v) is 3.44. The summed E-state index contributed by atoms with van der Waals surface area (Å²) in [5, 5.41) is 7.33. The van der Waals surface area contributed by atoms with Gasteiger partial charge in [-0.25, -0.2) is 9.97 Å². The molecule has 5 nitrogen and oxygen atoms in total. The van der Waals surface area contributed by atoms with E-state index in [1.54, 1.807) is 6.33 Å². The first-order chi connectivity index (χ1) is 14.7. The number of para-hydroxylation sites is 1. The number of nitrogens with one attached hydrogen (secondary N) is 1. The third kappa shape index (κ3) is 3.42. The van der Waals surface area contributed by atoms with Gasteiger partial charge in [0.15, 0.2) is 5.82 Å². The highest BCUT2D eigenvalue weighted by atomic mass is 16.3. The van der Waals surface area contributed by atoms with E-state index in [2.05, 4.69) is 64.7 Å². The zero-order valence-corrected chi connectivity index (χ0v) is 16.8. The van der Waals surface area contributed by atoms with E-state index in [1.165, 1.54) is 5.56 Å². The van der Waals surface area contributed by atoms with Crippen LogP contribution in [0, 0.1) is 13.8 Å². The smallest absolute Gasteiger partial charge is 0.157 e. The van der Waals surface area contributed by atoms with Crippen molar-refractivity contribution < 1.29 is 4.42 Å². The lowest BCUT2D eigenvalue weighted by Gasteiger charge is -2.07. The first-order valence-electron chi connectivity index (χ1n) is 9.78. The molecule has 2 heterocycles. The van der Waals surface area contributed by atoms with Gasteiger partial charge in [0.1, 0.15) is 17.7 Å². The van der Waals surface area contributed by atoms with Gasteiger partial charge in [0.25, 0.3) is 0 Å². The van der Waals surface area contributed by atoms with Crippen LogP contribution in [-0.2, 0) is 0 Å². The zero-order chi connectivity index (χ0) is 20.5. The molecule has 0 fully saturated rings. The topological polar surface area (TPSA) is 63.3 Å². The van der Waals surface area contributed by atoms with Gasteiger partial charge in [0, 0.05) is 22.4 Å². The summed E-state index contributed by atoms with van der Waals surface area (Å²) < 4.78 is 6.22. The average Bonchev–Trinajstić information content (AvgIpc) is 2.77. The van der Waals surface area contributed by atoms with Gasteiger partial charge in [-0.15, -0.1) is 0 Å². The van der Waals surface area contributed by atoms with Crippen LogP contribution in [0.25, 0.3) is 33.2 Å². The largest absolute Gasteiger partial charge is 0.456 e. The molecule has 0 bridgehead atoms. The van der Waals surface area contributed by atoms with Crippen molar-refractivity contribution in [2.75, 3.05) is 5.43 Å². The molecule has 30 heavy (non-hydrogen) atoms. The van der Waals surface area contributed by atoms with Gasteiger partial charge in [0.2, 0.25) is 0 Å². The number of fused-ring (bicyclic) bond motifs is 2. The summed E-state index contributed by atoms with van der Waals surface area (Å²) >= 11 is 0. The highest BCUT2D eigenvalue weighted by Crippen LogP contribution is 2.24. The molecule has 5 heteroatoms. The van der Waals surface area contributed by atoms with Gasteiger partial charge in [-0.1, -0.05) is 48.0 Å². The van der Waals surface area contributed by atoms with Crippen LogP contribution in [-0.4, -0.2) is 9.97 Å². The van der Waals surface area contributed by atoms with Crippen LogP contribution in [0.15, 0.2) is 88.6 Å². The van der Waals surface area contributed by atoms with Crippen LogP contribution in [0.2, 0.25) is 0 Å². The van der Waals surface area contributed by atoms with Crippen molar-refractivity contribution in [3.8, 4) is 11.3 Å². The molecule has 1 N–H and O–H groups in total. The lowest BCUT2D eigenvalue weighted by molar-refractivity contribution is 0.618. The molecular weight excluding hydrogens is 372 g/mol. The third-order valence-electron chi connectivity index (χ3n) is 5.06. The molecule has 0 atom stereocenters. The van der Waals surface area contributed by atoms with E-state index in [-0.39, 0.29) is 0 Å². The lowest BCUT2D eigenvalue weighted by Crippen LogP contribution is -2.08. The van der Waals surface area contributed by atoms with Crippen LogP contribution in [0.4, 0.5) is 5.82 Å². The molecule has 0 radical (unpaired) electrons. The Kier molecular flexibility index (Phi) is 4.48. The molecule has 146 valence electrons. The minimum Gasteiger partial charge on any atom is -0.456 e. The molecule has 0 aliphatic heterocycles. The lowest BCUT2D eigenvalue weighted by atomic mass is 10.1. The number of hydrogen-bond acceptors (Lipinski definition) is 5. The van der Waals surface area contributed by atoms with Crippen molar-refractivity contribution in [2.24, 2.45) is 5.10 Å². The molecule has 0 saturated carbocycles. The number of anilines is 1. The van der Waals surface area contributed by atoms with Crippen LogP contribution in [0.1, 0.15) is 11.1 Å². The SMILES string of the molecule is Cc1ccc(-c2c/c(=N\Nc3ncnc4ccccc34)c3ccc(C)cc3o2)cc1. The van der Waals surface area contributed by atoms with Gasteiger partial charge in [0.05, 0.1) is 10.9 Å². The van der Waals surface area contributed by atoms with Crippen molar-refractivity contribution in [2.45, 2.75) is 13.8 Å². The molecule has 5 aromatic rings. The van der Waals surface area contributed by atoms with E-state index in [9.17, 15) is 0 Å². The Balaban J connectivity index is 1.67. The summed E-state index contributed by atoms with van der Waals surface area (Å²) in [7, 11) is 0. The number of benzene rings is 3. The Morgan fingerprint density at radius 2 is 1.60 bits per heavy atom. The number of aromatic nitrogens is 2. The van der Waals surface area contributed by atoms with E-state index < -0.39 is 0 Å². The van der Waals surface area contributed by atoms with E-state index in [0.717, 1.165) is 44.1 Å². The monoisotopic (exact) mass is 392 g/mol. The number of hydrogen-bond donors (Lipinski definition) is 1. The Morgan fingerprint density at radius 1 is 0.800 bits per heavy atom. The summed E-state index contributed by atoms with van der Waals surface area (Å²) in [4.78, 5) is 8.68. The molecule has 5 rings (SSSR count). The van der Waals surface area contributed by atoms with Crippen molar-refractivity contribution in [1.29, 1.82) is 0 Å². The maximum Gasteiger partial charge on any atom is 0.157 e. The molecule has 0 saturated heterocycles. The van der Waals surface area contributed by atoms with Crippen LogP contribution in [0.5, 0.6) is 0 Å². The first-order valence-corrected chi connectivity index (χ1v) is 9.78. The predicted octanol–water partition coefficient (Wildman–Crippen LogP) is 5.59. The fourth-order valence-electron chi connectivity index (χ4n) is 3.44. The molecule has 0 unspecified atom stereocenters. The predicted molar refractivity (Wildman–Crippen MR) is 120 cm³/mol. The van der Waals surface area contributed by atoms with Crippen LogP contribution >= 0.6 is 0 Å². The normalized spacial score (nSPS) is 11.9. The highest BCUT2D eigenvalue weighted by molar-refractivity contribution is 5.88. The number of nitrogens with zero attached hydrogens (tertiary/aromatic N) is 3. The maximum absolute atomic E-state index is 6.22. The van der Waals surface area contributed by atoms with E-state index in [4.69, 9.17) is 4.42 Å². The second-order valence-corrected chi connectivity index (χ2v) is 7.32. The van der Waals surface area contributed by atoms with Crippen molar-refractivity contribution in [3.05, 3.63) is 95.6 Å². The van der Waals surface area contributed by atoms with Gasteiger partial charge in [-0.2, -0.15) is 5.10 Å². The van der Waals surface area contributed by atoms with E-state index in [0.29, 0.717) is 5.82 Å². The molecule has 0 aliphatic carbocycles. The summed E-state index contributed by atoms with van der Waals surface area (Å²) in [6, 6.07) is 24.2. The van der Waals surface area contributed by atoms with E-state index in [1.807, 2.05) is 42.5 Å². The minimum atomic E-state index is 0.665. The van der Waals surface area contributed by atoms with Crippen molar-refractivity contribution in [3.63, 3.8) is 0 Å². The maximum atomic E-state index is 6.22. The fraction of sp³-hybridized carbons (Fsp3) is 0.0800. The van der Waals surface area contributed by atoms with Gasteiger partial charge < -0.3 is 4.42 Å². The first kappa shape index (κ1) is 18.1. The zero-order valence-electron chi connectivity index (χ0n) is 16.8. The summed E-state index contributed by atoms with van der Waals surface area (Å²) in [5.41, 5.74) is 8.14. The quantitative estimate of drug-likeness (QED) is 0.407. The van der Waals surface area contributed by atoms with Gasteiger partial charge in [-0.3, -0.25) is 5.43 Å². The van der Waals surface area contributed by atoms with Crippen molar-refractivity contribution >= 4 is 27.7 Å². The van der Waals surface area contributed by atoms with Crippen molar-refractivity contribution in [1.82, 2.24) is 9.97 Å². The molecular formula is C25H20N4O. The Labute approximate surface area is 173 Å². The molecule has 2 aromatic heterocycles. The Hall–Kier alpha value is -3.99. The molecule has 0 amide bonds. The highest BCUT2D eigenvalue weighted by Gasteiger charge is 2.07. The summed E-state index contributed by atoms with van der Waals surface area (Å²) in [6.45, 7) is 4.12. The summed E-state index contributed by atoms with van der Waals surface area (Å²) in [6.07, 6.45) is 1.54. The molecule has 0 spiro atoms. The van der Waals surface area contributed by atoms with Gasteiger partial charge in [-0.05, 0) is 43.7 Å². The standard InChI is InChI=1S/C25H20N4O/c1-16-7-10-18(11-8-16)23-14-22(19-12-9-17(2)13-24(19)30-23)28-29-25-20-5-3-4-6-21(20)26-15-27-25/h3-15H,1-2H3,(H,26,27,29)/b28-22+. The number of aryl methyl sites for hydroxylation is 2. The minimum absolute atomic E-state index is 0.665. The van der Waals surface area contributed by atoms with E-state index >= 15 is 0 Å². The Bertz CT molecular complexity index is 1430. The van der Waals surface area contributed by atoms with Gasteiger partial charge >= 0.3 is 0 Å². The average molecular weight is 392 g/mol.